The van der Waals surface area contributed by atoms with Gasteiger partial charge >= 0.3 is 0 Å². The highest BCUT2D eigenvalue weighted by atomic mass is 19.1. The SMILES string of the molecule is COc1cc(CN2CCOC[C@](O)(COc3cccc(F)c3)C2)ccc1OCCCn1ccnc1C. The molecule has 36 heavy (non-hydrogen) atoms. The van der Waals surface area contributed by atoms with Crippen LogP contribution >= 0.6 is 0 Å². The van der Waals surface area contributed by atoms with Crippen LogP contribution in [-0.4, -0.2) is 71.8 Å². The first-order valence-corrected chi connectivity index (χ1v) is 12.1. The molecule has 1 N–H and O–H groups in total. The summed E-state index contributed by atoms with van der Waals surface area (Å²) in [6, 6.07) is 11.8. The van der Waals surface area contributed by atoms with E-state index in [1.54, 1.807) is 25.4 Å². The van der Waals surface area contributed by atoms with Crippen molar-refractivity contribution in [2.45, 2.75) is 32.0 Å². The molecule has 0 amide bonds. The predicted octanol–water partition coefficient (Wildman–Crippen LogP) is 3.45. The number of rotatable bonds is 11. The van der Waals surface area contributed by atoms with Crippen molar-refractivity contribution in [3.8, 4) is 17.2 Å². The lowest BCUT2D eigenvalue weighted by atomic mass is 10.1. The molecule has 1 atom stereocenters. The van der Waals surface area contributed by atoms with Crippen LogP contribution < -0.4 is 14.2 Å². The number of imidazole rings is 1. The van der Waals surface area contributed by atoms with Gasteiger partial charge in [0.05, 0.1) is 26.9 Å². The minimum absolute atomic E-state index is 0.00164. The molecule has 194 valence electrons. The molecular weight excluding hydrogens is 465 g/mol. The summed E-state index contributed by atoms with van der Waals surface area (Å²) in [5.74, 6) is 2.35. The second-order valence-electron chi connectivity index (χ2n) is 9.09. The highest BCUT2D eigenvalue weighted by Gasteiger charge is 2.33. The minimum Gasteiger partial charge on any atom is -0.493 e. The maximum absolute atomic E-state index is 13.4. The van der Waals surface area contributed by atoms with Gasteiger partial charge in [-0.05, 0) is 43.2 Å². The van der Waals surface area contributed by atoms with Crippen LogP contribution in [-0.2, 0) is 17.8 Å². The average molecular weight is 500 g/mol. The zero-order chi connectivity index (χ0) is 25.4. The van der Waals surface area contributed by atoms with Gasteiger partial charge in [-0.15, -0.1) is 0 Å². The average Bonchev–Trinajstić information content (AvgIpc) is 3.18. The number of aromatic nitrogens is 2. The van der Waals surface area contributed by atoms with Gasteiger partial charge in [0, 0.05) is 44.6 Å². The maximum Gasteiger partial charge on any atom is 0.161 e. The molecular formula is C27H34FN3O5. The third-order valence-corrected chi connectivity index (χ3v) is 6.10. The summed E-state index contributed by atoms with van der Waals surface area (Å²) in [5, 5.41) is 11.1. The van der Waals surface area contributed by atoms with Crippen LogP contribution in [0.15, 0.2) is 54.9 Å². The molecule has 1 saturated heterocycles. The Morgan fingerprint density at radius 1 is 1.17 bits per heavy atom. The zero-order valence-electron chi connectivity index (χ0n) is 20.9. The van der Waals surface area contributed by atoms with E-state index in [-0.39, 0.29) is 19.0 Å². The number of aliphatic hydroxyl groups is 1. The van der Waals surface area contributed by atoms with Crippen molar-refractivity contribution < 1.29 is 28.4 Å². The third-order valence-electron chi connectivity index (χ3n) is 6.10. The van der Waals surface area contributed by atoms with Crippen LogP contribution in [0.2, 0.25) is 0 Å². The van der Waals surface area contributed by atoms with E-state index >= 15 is 0 Å². The molecule has 0 unspecified atom stereocenters. The van der Waals surface area contributed by atoms with Crippen LogP contribution in [0.3, 0.4) is 0 Å². The Morgan fingerprint density at radius 3 is 2.83 bits per heavy atom. The number of benzene rings is 2. The van der Waals surface area contributed by atoms with E-state index in [4.69, 9.17) is 18.9 Å². The number of nitrogens with zero attached hydrogens (tertiary/aromatic N) is 3. The fourth-order valence-electron chi connectivity index (χ4n) is 4.24. The molecule has 8 nitrogen and oxygen atoms in total. The van der Waals surface area contributed by atoms with E-state index in [0.29, 0.717) is 50.1 Å². The highest BCUT2D eigenvalue weighted by molar-refractivity contribution is 5.43. The normalized spacial score (nSPS) is 18.6. The van der Waals surface area contributed by atoms with Gasteiger partial charge in [-0.25, -0.2) is 9.37 Å². The number of β-amino-alcohol motifs (C(OH)–C–C–N with tert-alkyl or cyclic N) is 1. The summed E-state index contributed by atoms with van der Waals surface area (Å²) < 4.78 is 38.4. The van der Waals surface area contributed by atoms with Gasteiger partial charge in [-0.3, -0.25) is 4.90 Å². The van der Waals surface area contributed by atoms with Crippen molar-refractivity contribution in [2.75, 3.05) is 46.6 Å². The summed E-state index contributed by atoms with van der Waals surface area (Å²) >= 11 is 0. The van der Waals surface area contributed by atoms with E-state index in [1.165, 1.54) is 12.1 Å². The summed E-state index contributed by atoms with van der Waals surface area (Å²) in [6.07, 6.45) is 4.62. The second kappa shape index (κ2) is 12.2. The lowest BCUT2D eigenvalue weighted by molar-refractivity contribution is -0.0647. The van der Waals surface area contributed by atoms with Crippen molar-refractivity contribution in [3.05, 3.63) is 72.1 Å². The second-order valence-corrected chi connectivity index (χ2v) is 9.09. The van der Waals surface area contributed by atoms with Crippen LogP contribution in [0, 0.1) is 12.7 Å². The molecule has 3 aromatic rings. The lowest BCUT2D eigenvalue weighted by Crippen LogP contribution is -2.48. The van der Waals surface area contributed by atoms with Gasteiger partial charge in [-0.2, -0.15) is 0 Å². The standard InChI is InChI=1S/C27H34FN3O5/c1-21-29-9-11-31(21)10-4-13-35-25-8-7-22(15-26(25)33-2)17-30-12-14-34-19-27(32,18-30)20-36-24-6-3-5-23(28)16-24/h3,5-9,11,15-16,32H,4,10,12-14,17-20H2,1-2H3/t27-/m0/s1. The maximum atomic E-state index is 13.4. The van der Waals surface area contributed by atoms with E-state index in [2.05, 4.69) is 14.5 Å². The Hall–Kier alpha value is -3.14. The number of aryl methyl sites for hydroxylation is 2. The first kappa shape index (κ1) is 25.9. The lowest BCUT2D eigenvalue weighted by Gasteiger charge is -2.30. The van der Waals surface area contributed by atoms with E-state index in [1.807, 2.05) is 31.3 Å². The fourth-order valence-corrected chi connectivity index (χ4v) is 4.24. The van der Waals surface area contributed by atoms with E-state index in [0.717, 1.165) is 24.4 Å². The van der Waals surface area contributed by atoms with Crippen molar-refractivity contribution in [2.24, 2.45) is 0 Å². The summed E-state index contributed by atoms with van der Waals surface area (Å²) in [4.78, 5) is 6.35. The van der Waals surface area contributed by atoms with Gasteiger partial charge in [0.2, 0.25) is 0 Å². The quantitative estimate of drug-likeness (QED) is 0.405. The number of hydrogen-bond acceptors (Lipinski definition) is 7. The Balaban J connectivity index is 1.32. The third kappa shape index (κ3) is 7.19. The number of ether oxygens (including phenoxy) is 4. The number of halogens is 1. The molecule has 0 aliphatic carbocycles. The molecule has 0 saturated carbocycles. The Labute approximate surface area is 211 Å². The highest BCUT2D eigenvalue weighted by Crippen LogP contribution is 2.29. The molecule has 0 bridgehead atoms. The van der Waals surface area contributed by atoms with Gasteiger partial charge in [0.25, 0.3) is 0 Å². The molecule has 2 aromatic carbocycles. The Bertz CT molecular complexity index is 1120. The van der Waals surface area contributed by atoms with Crippen molar-refractivity contribution in [3.63, 3.8) is 0 Å². The predicted molar refractivity (Wildman–Crippen MR) is 133 cm³/mol. The topological polar surface area (TPSA) is 78.2 Å². The zero-order valence-corrected chi connectivity index (χ0v) is 20.9. The monoisotopic (exact) mass is 499 g/mol. The molecule has 0 spiro atoms. The summed E-state index contributed by atoms with van der Waals surface area (Å²) in [6.45, 7) is 5.66. The number of methoxy groups -OCH3 is 1. The van der Waals surface area contributed by atoms with Crippen LogP contribution in [0.5, 0.6) is 17.2 Å². The molecule has 1 fully saturated rings. The van der Waals surface area contributed by atoms with Gasteiger partial charge in [-0.1, -0.05) is 12.1 Å². The van der Waals surface area contributed by atoms with Crippen LogP contribution in [0.1, 0.15) is 17.8 Å². The fraction of sp³-hybridized carbons (Fsp3) is 0.444. The van der Waals surface area contributed by atoms with Crippen LogP contribution in [0.25, 0.3) is 0 Å². The van der Waals surface area contributed by atoms with E-state index in [9.17, 15) is 9.50 Å². The van der Waals surface area contributed by atoms with Gasteiger partial charge in [0.15, 0.2) is 11.5 Å². The van der Waals surface area contributed by atoms with Crippen molar-refractivity contribution in [1.82, 2.24) is 14.5 Å². The van der Waals surface area contributed by atoms with Crippen LogP contribution in [0.4, 0.5) is 4.39 Å². The first-order chi connectivity index (χ1) is 17.4. The molecule has 1 aliphatic heterocycles. The molecule has 1 aromatic heterocycles. The smallest absolute Gasteiger partial charge is 0.161 e. The largest absolute Gasteiger partial charge is 0.493 e. The molecule has 2 heterocycles. The van der Waals surface area contributed by atoms with Gasteiger partial charge in [0.1, 0.15) is 29.6 Å². The number of hydrogen-bond donors (Lipinski definition) is 1. The van der Waals surface area contributed by atoms with E-state index < -0.39 is 5.60 Å². The Morgan fingerprint density at radius 2 is 2.06 bits per heavy atom. The molecule has 4 rings (SSSR count). The molecule has 9 heteroatoms. The molecule has 1 aliphatic rings. The summed E-state index contributed by atoms with van der Waals surface area (Å²) in [5.41, 5.74) is -0.188. The Kier molecular flexibility index (Phi) is 8.79. The minimum atomic E-state index is -1.22. The van der Waals surface area contributed by atoms with Crippen molar-refractivity contribution in [1.29, 1.82) is 0 Å². The summed E-state index contributed by atoms with van der Waals surface area (Å²) in [7, 11) is 1.63. The molecule has 0 radical (unpaired) electrons. The first-order valence-electron chi connectivity index (χ1n) is 12.1. The van der Waals surface area contributed by atoms with Gasteiger partial charge < -0.3 is 28.6 Å². The van der Waals surface area contributed by atoms with Crippen molar-refractivity contribution >= 4 is 0 Å².